The van der Waals surface area contributed by atoms with Crippen LogP contribution in [0.2, 0.25) is 0 Å². The minimum Gasteiger partial charge on any atom is -0.494 e. The average molecular weight is 486 g/mol. The van der Waals surface area contributed by atoms with E-state index in [-0.39, 0.29) is 17.3 Å². The molecule has 0 radical (unpaired) electrons. The Bertz CT molecular complexity index is 1340. The van der Waals surface area contributed by atoms with Crippen LogP contribution in [0.1, 0.15) is 12.5 Å². The predicted molar refractivity (Wildman–Crippen MR) is 129 cm³/mol. The van der Waals surface area contributed by atoms with E-state index in [2.05, 4.69) is 5.32 Å². The molecule has 2 aromatic carbocycles. The van der Waals surface area contributed by atoms with Crippen molar-refractivity contribution >= 4 is 32.6 Å². The first-order valence-corrected chi connectivity index (χ1v) is 12.5. The molecule has 0 saturated carbocycles. The fraction of sp³-hybridized carbons (Fsp3) is 0.333. The maximum Gasteiger partial charge on any atom is 0.336 e. The van der Waals surface area contributed by atoms with E-state index < -0.39 is 15.6 Å². The van der Waals surface area contributed by atoms with Gasteiger partial charge in [-0.05, 0) is 55.8 Å². The number of amides is 1. The average Bonchev–Trinajstić information content (AvgIpc) is 2.79. The Balaban J connectivity index is 1.33. The second-order valence-corrected chi connectivity index (χ2v) is 10.0. The van der Waals surface area contributed by atoms with Gasteiger partial charge in [0.05, 0.1) is 18.0 Å². The molecule has 0 spiro atoms. The van der Waals surface area contributed by atoms with Crippen LogP contribution in [0.15, 0.2) is 62.6 Å². The summed E-state index contributed by atoms with van der Waals surface area (Å²) in [5.74, 6) is 0.401. The van der Waals surface area contributed by atoms with Gasteiger partial charge in [0.15, 0.2) is 0 Å². The Labute approximate surface area is 198 Å². The molecule has 0 aliphatic carbocycles. The van der Waals surface area contributed by atoms with Gasteiger partial charge in [0.2, 0.25) is 15.9 Å². The van der Waals surface area contributed by atoms with Crippen LogP contribution in [-0.2, 0) is 14.8 Å². The third-order valence-corrected chi connectivity index (χ3v) is 7.62. The summed E-state index contributed by atoms with van der Waals surface area (Å²) in [5, 5.41) is 3.62. The molecule has 1 N–H and O–H groups in total. The molecule has 1 fully saturated rings. The van der Waals surface area contributed by atoms with Crippen LogP contribution in [0.3, 0.4) is 0 Å². The van der Waals surface area contributed by atoms with Gasteiger partial charge in [-0.2, -0.15) is 4.31 Å². The maximum absolute atomic E-state index is 12.9. The van der Waals surface area contributed by atoms with Gasteiger partial charge < -0.3 is 14.5 Å². The van der Waals surface area contributed by atoms with Crippen molar-refractivity contribution in [2.24, 2.45) is 0 Å². The second-order valence-electron chi connectivity index (χ2n) is 8.09. The Morgan fingerprint density at radius 2 is 1.76 bits per heavy atom. The van der Waals surface area contributed by atoms with E-state index in [1.54, 1.807) is 42.5 Å². The van der Waals surface area contributed by atoms with Crippen LogP contribution in [0, 0.1) is 6.92 Å². The molecule has 0 bridgehead atoms. The molecule has 1 aliphatic heterocycles. The Kier molecular flexibility index (Phi) is 7.01. The molecule has 0 atom stereocenters. The standard InChI is InChI=1S/C24H27N3O6S/c1-3-32-19-5-7-20(8-6-19)34(30,31)27-12-10-26(11-13-27)16-23(28)25-18-4-9-21-17(2)14-24(29)33-22(21)15-18/h4-9,14-15H,3,10-13,16H2,1-2H3,(H,25,28). The molecular formula is C24H27N3O6S. The highest BCUT2D eigenvalue weighted by Crippen LogP contribution is 2.22. The zero-order valence-electron chi connectivity index (χ0n) is 19.1. The van der Waals surface area contributed by atoms with Gasteiger partial charge in [0, 0.05) is 49.4 Å². The molecule has 3 aromatic rings. The van der Waals surface area contributed by atoms with E-state index >= 15 is 0 Å². The number of carbonyl (C=O) groups is 1. The fourth-order valence-electron chi connectivity index (χ4n) is 3.96. The van der Waals surface area contributed by atoms with Gasteiger partial charge >= 0.3 is 5.63 Å². The third-order valence-electron chi connectivity index (χ3n) is 5.71. The van der Waals surface area contributed by atoms with E-state index in [1.807, 2.05) is 18.7 Å². The first-order valence-electron chi connectivity index (χ1n) is 11.1. The molecule has 1 amide bonds. The summed E-state index contributed by atoms with van der Waals surface area (Å²) < 4.78 is 37.9. The lowest BCUT2D eigenvalue weighted by Crippen LogP contribution is -2.50. The van der Waals surface area contributed by atoms with E-state index in [0.717, 1.165) is 10.9 Å². The normalized spacial score (nSPS) is 15.4. The first kappa shape index (κ1) is 23.9. The van der Waals surface area contributed by atoms with Crippen molar-refractivity contribution in [3.8, 4) is 5.75 Å². The number of nitrogens with zero attached hydrogens (tertiary/aromatic N) is 2. The largest absolute Gasteiger partial charge is 0.494 e. The van der Waals surface area contributed by atoms with Gasteiger partial charge in [-0.1, -0.05) is 0 Å². The number of aryl methyl sites for hydroxylation is 1. The van der Waals surface area contributed by atoms with Crippen LogP contribution in [0.4, 0.5) is 5.69 Å². The summed E-state index contributed by atoms with van der Waals surface area (Å²) in [4.78, 5) is 26.3. The lowest BCUT2D eigenvalue weighted by atomic mass is 10.1. The number of nitrogens with one attached hydrogen (secondary N) is 1. The fourth-order valence-corrected chi connectivity index (χ4v) is 5.38. The smallest absolute Gasteiger partial charge is 0.336 e. The van der Waals surface area contributed by atoms with Gasteiger partial charge in [-0.15, -0.1) is 0 Å². The van der Waals surface area contributed by atoms with Crippen molar-refractivity contribution in [1.82, 2.24) is 9.21 Å². The summed E-state index contributed by atoms with van der Waals surface area (Å²) >= 11 is 0. The summed E-state index contributed by atoms with van der Waals surface area (Å²) in [5.41, 5.74) is 1.31. The number of sulfonamides is 1. The second kappa shape index (κ2) is 9.96. The number of hydrogen-bond donors (Lipinski definition) is 1. The third kappa shape index (κ3) is 5.30. The minimum atomic E-state index is -3.61. The molecule has 2 heterocycles. The summed E-state index contributed by atoms with van der Waals surface area (Å²) in [6, 6.07) is 13.0. The molecule has 9 nitrogen and oxygen atoms in total. The molecule has 0 unspecified atom stereocenters. The molecule has 180 valence electrons. The monoisotopic (exact) mass is 485 g/mol. The van der Waals surface area contributed by atoms with Crippen LogP contribution in [-0.4, -0.2) is 62.9 Å². The van der Waals surface area contributed by atoms with Crippen molar-refractivity contribution in [2.45, 2.75) is 18.7 Å². The lowest BCUT2D eigenvalue weighted by molar-refractivity contribution is -0.117. The number of hydrogen-bond acceptors (Lipinski definition) is 7. The predicted octanol–water partition coefficient (Wildman–Crippen LogP) is 2.45. The summed E-state index contributed by atoms with van der Waals surface area (Å²) in [7, 11) is -3.61. The molecule has 4 rings (SSSR count). The SMILES string of the molecule is CCOc1ccc(S(=O)(=O)N2CCN(CC(=O)Nc3ccc4c(C)cc(=O)oc4c3)CC2)cc1. The Morgan fingerprint density at radius 1 is 1.06 bits per heavy atom. The highest BCUT2D eigenvalue weighted by molar-refractivity contribution is 7.89. The number of carbonyl (C=O) groups excluding carboxylic acids is 1. The van der Waals surface area contributed by atoms with Crippen molar-refractivity contribution in [3.63, 3.8) is 0 Å². The molecule has 1 aromatic heterocycles. The van der Waals surface area contributed by atoms with E-state index in [4.69, 9.17) is 9.15 Å². The zero-order valence-corrected chi connectivity index (χ0v) is 19.9. The first-order chi connectivity index (χ1) is 16.3. The Morgan fingerprint density at radius 3 is 2.44 bits per heavy atom. The number of ether oxygens (including phenoxy) is 1. The topological polar surface area (TPSA) is 109 Å². The van der Waals surface area contributed by atoms with Crippen molar-refractivity contribution in [2.75, 3.05) is 44.6 Å². The number of anilines is 1. The van der Waals surface area contributed by atoms with Crippen molar-refractivity contribution in [3.05, 3.63) is 64.5 Å². The molecule has 10 heteroatoms. The minimum absolute atomic E-state index is 0.132. The van der Waals surface area contributed by atoms with Crippen LogP contribution in [0.25, 0.3) is 11.0 Å². The highest BCUT2D eigenvalue weighted by Gasteiger charge is 2.29. The van der Waals surface area contributed by atoms with Gasteiger partial charge in [-0.3, -0.25) is 9.69 Å². The van der Waals surface area contributed by atoms with Crippen LogP contribution >= 0.6 is 0 Å². The van der Waals surface area contributed by atoms with Crippen LogP contribution in [0.5, 0.6) is 5.75 Å². The molecule has 1 aliphatic rings. The summed E-state index contributed by atoms with van der Waals surface area (Å²) in [6.45, 7) is 5.81. The number of piperazine rings is 1. The number of rotatable bonds is 7. The van der Waals surface area contributed by atoms with E-state index in [0.29, 0.717) is 49.8 Å². The van der Waals surface area contributed by atoms with Gasteiger partial charge in [0.1, 0.15) is 11.3 Å². The number of fused-ring (bicyclic) bond motifs is 1. The summed E-state index contributed by atoms with van der Waals surface area (Å²) in [6.07, 6.45) is 0. The van der Waals surface area contributed by atoms with Crippen molar-refractivity contribution < 1.29 is 22.4 Å². The number of benzene rings is 2. The van der Waals surface area contributed by atoms with Crippen molar-refractivity contribution in [1.29, 1.82) is 0 Å². The molecule has 1 saturated heterocycles. The highest BCUT2D eigenvalue weighted by atomic mass is 32.2. The Hall–Kier alpha value is -3.21. The maximum atomic E-state index is 12.9. The van der Waals surface area contributed by atoms with Gasteiger partial charge in [-0.25, -0.2) is 13.2 Å². The van der Waals surface area contributed by atoms with E-state index in [1.165, 1.54) is 10.4 Å². The van der Waals surface area contributed by atoms with Gasteiger partial charge in [0.25, 0.3) is 0 Å². The van der Waals surface area contributed by atoms with Crippen LogP contribution < -0.4 is 15.7 Å². The lowest BCUT2D eigenvalue weighted by Gasteiger charge is -2.33. The molecule has 34 heavy (non-hydrogen) atoms. The zero-order chi connectivity index (χ0) is 24.3. The molecular weight excluding hydrogens is 458 g/mol. The quantitative estimate of drug-likeness (QED) is 0.512. The van der Waals surface area contributed by atoms with E-state index in [9.17, 15) is 18.0 Å².